The van der Waals surface area contributed by atoms with Crippen LogP contribution in [0.15, 0.2) is 43.0 Å². The monoisotopic (exact) mass is 395 g/mol. The zero-order chi connectivity index (χ0) is 19.4. The Balaban J connectivity index is 1.93. The van der Waals surface area contributed by atoms with Crippen LogP contribution in [0.25, 0.3) is 5.69 Å². The highest BCUT2D eigenvalue weighted by Crippen LogP contribution is 2.30. The molecule has 1 aromatic carbocycles. The predicted octanol–water partition coefficient (Wildman–Crippen LogP) is 3.92. The molecule has 3 rings (SSSR count). The van der Waals surface area contributed by atoms with E-state index < -0.39 is 12.8 Å². The molecule has 0 aliphatic heterocycles. The van der Waals surface area contributed by atoms with Gasteiger partial charge in [-0.1, -0.05) is 17.7 Å². The van der Waals surface area contributed by atoms with Crippen molar-refractivity contribution < 1.29 is 22.6 Å². The van der Waals surface area contributed by atoms with E-state index in [1.54, 1.807) is 6.07 Å². The molecule has 0 saturated heterocycles. The molecule has 0 N–H and O–H groups in total. The third kappa shape index (κ3) is 4.65. The fraction of sp³-hybridized carbons (Fsp3) is 0.125. The number of ether oxygens (including phenoxy) is 2. The van der Waals surface area contributed by atoms with E-state index in [2.05, 4.69) is 19.8 Å². The molecule has 27 heavy (non-hydrogen) atoms. The van der Waals surface area contributed by atoms with Crippen molar-refractivity contribution >= 4 is 11.6 Å². The lowest BCUT2D eigenvalue weighted by Crippen LogP contribution is -2.19. The van der Waals surface area contributed by atoms with Crippen LogP contribution in [0.1, 0.15) is 5.56 Å². The van der Waals surface area contributed by atoms with Gasteiger partial charge in [-0.3, -0.25) is 0 Å². The zero-order valence-corrected chi connectivity index (χ0v) is 14.1. The third-order valence-electron chi connectivity index (χ3n) is 3.11. The molecule has 0 radical (unpaired) electrons. The molecule has 0 saturated carbocycles. The molecule has 11 heteroatoms. The van der Waals surface area contributed by atoms with Crippen molar-refractivity contribution in [2.45, 2.75) is 6.18 Å². The highest BCUT2D eigenvalue weighted by molar-refractivity contribution is 6.30. The van der Waals surface area contributed by atoms with Gasteiger partial charge in [0.15, 0.2) is 18.1 Å². The third-order valence-corrected chi connectivity index (χ3v) is 3.30. The normalized spacial score (nSPS) is 11.1. The Labute approximate surface area is 155 Å². The molecule has 7 nitrogen and oxygen atoms in total. The molecule has 0 amide bonds. The van der Waals surface area contributed by atoms with Gasteiger partial charge in [-0.05, 0) is 12.1 Å². The van der Waals surface area contributed by atoms with Crippen LogP contribution in [0.4, 0.5) is 13.2 Å². The van der Waals surface area contributed by atoms with E-state index in [0.29, 0.717) is 5.02 Å². The number of hydrogen-bond acceptors (Lipinski definition) is 6. The van der Waals surface area contributed by atoms with Crippen LogP contribution in [0.3, 0.4) is 0 Å². The smallest absolute Gasteiger partial charge is 0.422 e. The summed E-state index contributed by atoms with van der Waals surface area (Å²) in [5, 5.41) is 13.6. The second kappa shape index (κ2) is 7.51. The van der Waals surface area contributed by atoms with E-state index in [0.717, 1.165) is 6.20 Å². The van der Waals surface area contributed by atoms with Gasteiger partial charge in [0.25, 0.3) is 0 Å². The summed E-state index contributed by atoms with van der Waals surface area (Å²) in [5.41, 5.74) is 0.368. The van der Waals surface area contributed by atoms with Crippen molar-refractivity contribution in [3.63, 3.8) is 0 Å². The molecule has 0 aliphatic rings. The van der Waals surface area contributed by atoms with Gasteiger partial charge in [0.05, 0.1) is 35.4 Å². The number of benzene rings is 1. The number of aromatic nitrogens is 4. The lowest BCUT2D eigenvalue weighted by molar-refractivity contribution is -0.153. The van der Waals surface area contributed by atoms with E-state index in [4.69, 9.17) is 16.3 Å². The van der Waals surface area contributed by atoms with E-state index in [9.17, 15) is 18.4 Å². The number of rotatable bonds is 5. The standard InChI is InChI=1S/C16H9ClF3N5O2/c17-11-5-22-15(23-6-11)27-13-3-1-2-10(4-21)14(13)25-8-12(7-24-25)26-9-16(18,19)20/h1-3,5-8H,9H2. The number of nitrogens with zero attached hydrogens (tertiary/aromatic N) is 5. The first kappa shape index (κ1) is 18.5. The molecule has 0 bridgehead atoms. The number of hydrogen-bond donors (Lipinski definition) is 0. The maximum absolute atomic E-state index is 12.3. The first-order valence-electron chi connectivity index (χ1n) is 7.29. The van der Waals surface area contributed by atoms with E-state index in [1.807, 2.05) is 6.07 Å². The van der Waals surface area contributed by atoms with Crippen molar-refractivity contribution in [1.29, 1.82) is 5.26 Å². The summed E-state index contributed by atoms with van der Waals surface area (Å²) in [6.07, 6.45) is 0.482. The van der Waals surface area contributed by atoms with Crippen LogP contribution in [0, 0.1) is 11.3 Å². The van der Waals surface area contributed by atoms with Gasteiger partial charge in [-0.15, -0.1) is 0 Å². The minimum atomic E-state index is -4.48. The van der Waals surface area contributed by atoms with Gasteiger partial charge in [-0.2, -0.15) is 23.5 Å². The number of nitriles is 1. The SMILES string of the molecule is N#Cc1cccc(Oc2ncc(Cl)cn2)c1-n1cc(OCC(F)(F)F)cn1. The molecule has 0 atom stereocenters. The topological polar surface area (TPSA) is 85.8 Å². The molecule has 2 aromatic heterocycles. The van der Waals surface area contributed by atoms with E-state index in [-0.39, 0.29) is 28.8 Å². The van der Waals surface area contributed by atoms with Gasteiger partial charge in [0.2, 0.25) is 0 Å². The van der Waals surface area contributed by atoms with Crippen LogP contribution in [-0.2, 0) is 0 Å². The van der Waals surface area contributed by atoms with Crippen molar-refractivity contribution in [2.24, 2.45) is 0 Å². The van der Waals surface area contributed by atoms with Gasteiger partial charge in [-0.25, -0.2) is 14.6 Å². The summed E-state index contributed by atoms with van der Waals surface area (Å²) < 4.78 is 48.3. The average molecular weight is 396 g/mol. The summed E-state index contributed by atoms with van der Waals surface area (Å²) >= 11 is 5.72. The number of halogens is 4. The molecule has 3 aromatic rings. The maximum Gasteiger partial charge on any atom is 0.422 e. The number of para-hydroxylation sites is 1. The highest BCUT2D eigenvalue weighted by Gasteiger charge is 2.28. The van der Waals surface area contributed by atoms with Crippen molar-refractivity contribution in [3.8, 4) is 29.3 Å². The lowest BCUT2D eigenvalue weighted by atomic mass is 10.2. The quantitative estimate of drug-likeness (QED) is 0.650. The van der Waals surface area contributed by atoms with Crippen molar-refractivity contribution in [1.82, 2.24) is 19.7 Å². The average Bonchev–Trinajstić information content (AvgIpc) is 3.10. The largest absolute Gasteiger partial charge is 0.481 e. The molecule has 138 valence electrons. The molecule has 0 unspecified atom stereocenters. The van der Waals surface area contributed by atoms with Crippen LogP contribution in [0.5, 0.6) is 17.5 Å². The fourth-order valence-corrected chi connectivity index (χ4v) is 2.15. The van der Waals surface area contributed by atoms with E-state index >= 15 is 0 Å². The van der Waals surface area contributed by atoms with Crippen molar-refractivity contribution in [2.75, 3.05) is 6.61 Å². The molecule has 0 fully saturated rings. The number of alkyl halides is 3. The van der Waals surface area contributed by atoms with E-state index in [1.165, 1.54) is 35.4 Å². The van der Waals surface area contributed by atoms with Crippen LogP contribution in [-0.4, -0.2) is 32.5 Å². The fourth-order valence-electron chi connectivity index (χ4n) is 2.05. The Morgan fingerprint density at radius 1 is 1.19 bits per heavy atom. The molecule has 0 aliphatic carbocycles. The zero-order valence-electron chi connectivity index (χ0n) is 13.3. The van der Waals surface area contributed by atoms with Gasteiger partial charge < -0.3 is 9.47 Å². The highest BCUT2D eigenvalue weighted by atomic mass is 35.5. The summed E-state index contributed by atoms with van der Waals surface area (Å²) in [5.74, 6) is 0.0515. The maximum atomic E-state index is 12.3. The van der Waals surface area contributed by atoms with Gasteiger partial charge >= 0.3 is 12.2 Å². The van der Waals surface area contributed by atoms with Gasteiger partial charge in [0, 0.05) is 0 Å². The van der Waals surface area contributed by atoms with Crippen LogP contribution < -0.4 is 9.47 Å². The Morgan fingerprint density at radius 3 is 2.59 bits per heavy atom. The Morgan fingerprint density at radius 2 is 1.93 bits per heavy atom. The summed E-state index contributed by atoms with van der Waals surface area (Å²) in [4.78, 5) is 7.80. The molecule has 0 spiro atoms. The summed E-state index contributed by atoms with van der Waals surface area (Å²) in [6, 6.07) is 6.54. The Bertz CT molecular complexity index is 983. The molecular formula is C16H9ClF3N5O2. The first-order chi connectivity index (χ1) is 12.9. The van der Waals surface area contributed by atoms with Gasteiger partial charge in [0.1, 0.15) is 11.8 Å². The Hall–Kier alpha value is -3.32. The molecular weight excluding hydrogens is 387 g/mol. The summed E-state index contributed by atoms with van der Waals surface area (Å²) in [7, 11) is 0. The minimum Gasteiger partial charge on any atom is -0.481 e. The minimum absolute atomic E-state index is 0.0311. The lowest BCUT2D eigenvalue weighted by Gasteiger charge is -2.11. The van der Waals surface area contributed by atoms with Crippen molar-refractivity contribution in [3.05, 3.63) is 53.6 Å². The second-order valence-electron chi connectivity index (χ2n) is 5.07. The Kier molecular flexibility index (Phi) is 5.14. The first-order valence-corrected chi connectivity index (χ1v) is 7.66. The second-order valence-corrected chi connectivity index (χ2v) is 5.51. The molecule has 2 heterocycles. The van der Waals surface area contributed by atoms with Crippen LogP contribution in [0.2, 0.25) is 5.02 Å². The summed E-state index contributed by atoms with van der Waals surface area (Å²) in [6.45, 7) is -1.46. The van der Waals surface area contributed by atoms with Crippen LogP contribution >= 0.6 is 11.6 Å². The predicted molar refractivity (Wildman–Crippen MR) is 86.9 cm³/mol.